The van der Waals surface area contributed by atoms with Gasteiger partial charge < -0.3 is 5.32 Å². The number of thioether (sulfide) groups is 1. The predicted molar refractivity (Wildman–Crippen MR) is 83.6 cm³/mol. The Kier molecular flexibility index (Phi) is 5.58. The highest BCUT2D eigenvalue weighted by molar-refractivity contribution is 8.00. The summed E-state index contributed by atoms with van der Waals surface area (Å²) in [6.45, 7) is 3.87. The van der Waals surface area contributed by atoms with Crippen LogP contribution in [0.1, 0.15) is 26.1 Å². The zero-order chi connectivity index (χ0) is 15.2. The van der Waals surface area contributed by atoms with Crippen molar-refractivity contribution in [3.8, 4) is 0 Å². The number of aryl methyl sites for hydroxylation is 1. The first-order valence-electron chi connectivity index (χ1n) is 6.59. The van der Waals surface area contributed by atoms with Gasteiger partial charge in [0.2, 0.25) is 11.1 Å². The molecule has 0 saturated heterocycles. The first kappa shape index (κ1) is 15.8. The molecular weight excluding hydrogens is 310 g/mol. The first-order chi connectivity index (χ1) is 10.1. The third-order valence-electron chi connectivity index (χ3n) is 2.63. The summed E-state index contributed by atoms with van der Waals surface area (Å²) in [4.78, 5) is 20.4. The summed E-state index contributed by atoms with van der Waals surface area (Å²) in [5, 5.41) is 10.5. The van der Waals surface area contributed by atoms with Gasteiger partial charge in [-0.3, -0.25) is 9.89 Å². The molecule has 0 spiro atoms. The van der Waals surface area contributed by atoms with Crippen LogP contribution >= 0.6 is 23.4 Å². The van der Waals surface area contributed by atoms with E-state index < -0.39 is 0 Å². The fourth-order valence-electron chi connectivity index (χ4n) is 1.57. The number of carbonyl (C=O) groups excluding carboxylic acids is 1. The Morgan fingerprint density at radius 3 is 3.00 bits per heavy atom. The fraction of sp³-hybridized carbons (Fsp3) is 0.385. The number of halogens is 1. The SMILES string of the molecule is CCCc1nc(S[C@@H](C)C(=O)Nc2ccc(Cl)cn2)n[nH]1. The van der Waals surface area contributed by atoms with Gasteiger partial charge in [0.25, 0.3) is 0 Å². The van der Waals surface area contributed by atoms with Gasteiger partial charge in [-0.2, -0.15) is 0 Å². The molecule has 0 aromatic carbocycles. The van der Waals surface area contributed by atoms with Gasteiger partial charge in [0.15, 0.2) is 0 Å². The number of aromatic amines is 1. The summed E-state index contributed by atoms with van der Waals surface area (Å²) < 4.78 is 0. The molecule has 6 nitrogen and oxygen atoms in total. The highest BCUT2D eigenvalue weighted by Crippen LogP contribution is 2.20. The van der Waals surface area contributed by atoms with Crippen LogP contribution in [-0.2, 0) is 11.2 Å². The third kappa shape index (κ3) is 4.71. The number of nitrogens with zero attached hydrogens (tertiary/aromatic N) is 3. The second-order valence-electron chi connectivity index (χ2n) is 4.43. The number of hydrogen-bond acceptors (Lipinski definition) is 5. The number of pyridine rings is 1. The van der Waals surface area contributed by atoms with E-state index in [1.807, 2.05) is 0 Å². The molecule has 2 heterocycles. The summed E-state index contributed by atoms with van der Waals surface area (Å²) in [7, 11) is 0. The maximum atomic E-state index is 12.1. The Bertz CT molecular complexity index is 601. The Hall–Kier alpha value is -1.60. The molecule has 0 unspecified atom stereocenters. The molecule has 0 aliphatic rings. The van der Waals surface area contributed by atoms with Gasteiger partial charge in [0, 0.05) is 12.6 Å². The molecule has 0 bridgehead atoms. The van der Waals surface area contributed by atoms with Gasteiger partial charge in [-0.05, 0) is 25.5 Å². The number of nitrogens with one attached hydrogen (secondary N) is 2. The van der Waals surface area contributed by atoms with Gasteiger partial charge in [0.05, 0.1) is 10.3 Å². The summed E-state index contributed by atoms with van der Waals surface area (Å²) >= 11 is 7.05. The summed E-state index contributed by atoms with van der Waals surface area (Å²) in [6, 6.07) is 3.33. The van der Waals surface area contributed by atoms with E-state index in [0.717, 1.165) is 18.7 Å². The van der Waals surface area contributed by atoms with Crippen LogP contribution in [0.4, 0.5) is 5.82 Å². The molecule has 0 saturated carbocycles. The molecule has 2 rings (SSSR count). The van der Waals surface area contributed by atoms with Gasteiger partial charge in [-0.1, -0.05) is 30.3 Å². The molecule has 2 aromatic rings. The van der Waals surface area contributed by atoms with Crippen LogP contribution in [0.15, 0.2) is 23.5 Å². The van der Waals surface area contributed by atoms with Crippen LogP contribution in [0, 0.1) is 0 Å². The zero-order valence-electron chi connectivity index (χ0n) is 11.8. The van der Waals surface area contributed by atoms with Crippen molar-refractivity contribution in [3.63, 3.8) is 0 Å². The van der Waals surface area contributed by atoms with Gasteiger partial charge in [-0.25, -0.2) is 9.97 Å². The minimum Gasteiger partial charge on any atom is -0.310 e. The lowest BCUT2D eigenvalue weighted by molar-refractivity contribution is -0.115. The smallest absolute Gasteiger partial charge is 0.238 e. The molecule has 2 N–H and O–H groups in total. The third-order valence-corrected chi connectivity index (χ3v) is 3.81. The number of rotatable bonds is 6. The van der Waals surface area contributed by atoms with Crippen LogP contribution in [0.5, 0.6) is 0 Å². The zero-order valence-corrected chi connectivity index (χ0v) is 13.3. The predicted octanol–water partition coefficient (Wildman–Crippen LogP) is 2.92. The van der Waals surface area contributed by atoms with Crippen molar-refractivity contribution in [2.75, 3.05) is 5.32 Å². The van der Waals surface area contributed by atoms with E-state index in [4.69, 9.17) is 11.6 Å². The Morgan fingerprint density at radius 2 is 2.33 bits per heavy atom. The van der Waals surface area contributed by atoms with Crippen LogP contribution in [-0.4, -0.2) is 31.3 Å². The Labute approximate surface area is 132 Å². The van der Waals surface area contributed by atoms with Gasteiger partial charge in [0.1, 0.15) is 11.6 Å². The van der Waals surface area contributed by atoms with Crippen molar-refractivity contribution in [1.29, 1.82) is 0 Å². The van der Waals surface area contributed by atoms with Crippen molar-refractivity contribution in [2.24, 2.45) is 0 Å². The highest BCUT2D eigenvalue weighted by atomic mass is 35.5. The van der Waals surface area contributed by atoms with E-state index in [1.54, 1.807) is 19.1 Å². The van der Waals surface area contributed by atoms with Gasteiger partial charge in [-0.15, -0.1) is 5.10 Å². The Balaban J connectivity index is 1.90. The van der Waals surface area contributed by atoms with E-state index in [0.29, 0.717) is 16.0 Å². The van der Waals surface area contributed by atoms with Crippen molar-refractivity contribution < 1.29 is 4.79 Å². The minimum atomic E-state index is -0.326. The summed E-state index contributed by atoms with van der Waals surface area (Å²) in [5.74, 6) is 1.15. The number of H-pyrrole nitrogens is 1. The maximum Gasteiger partial charge on any atom is 0.238 e. The molecular formula is C13H16ClN5OS. The molecule has 2 aromatic heterocycles. The number of amides is 1. The lowest BCUT2D eigenvalue weighted by atomic mass is 10.3. The molecule has 8 heteroatoms. The topological polar surface area (TPSA) is 83.6 Å². The number of hydrogen-bond donors (Lipinski definition) is 2. The molecule has 0 aliphatic heterocycles. The van der Waals surface area contributed by atoms with Crippen LogP contribution in [0.25, 0.3) is 0 Å². The van der Waals surface area contributed by atoms with Crippen molar-refractivity contribution >= 4 is 35.1 Å². The summed E-state index contributed by atoms with van der Waals surface area (Å²) in [6.07, 6.45) is 3.33. The maximum absolute atomic E-state index is 12.1. The van der Waals surface area contributed by atoms with Crippen molar-refractivity contribution in [2.45, 2.75) is 37.1 Å². The molecule has 21 heavy (non-hydrogen) atoms. The van der Waals surface area contributed by atoms with Crippen molar-refractivity contribution in [3.05, 3.63) is 29.2 Å². The largest absolute Gasteiger partial charge is 0.310 e. The molecule has 0 aliphatic carbocycles. The fourth-order valence-corrected chi connectivity index (χ4v) is 2.42. The Morgan fingerprint density at radius 1 is 1.52 bits per heavy atom. The second kappa shape index (κ2) is 7.42. The molecule has 112 valence electrons. The standard InChI is InChI=1S/C13H16ClN5OS/c1-3-4-11-17-13(19-18-11)21-8(2)12(20)16-10-6-5-9(14)7-15-10/h5-8H,3-4H2,1-2H3,(H,15,16,20)(H,17,18,19)/t8-/m0/s1. The quantitative estimate of drug-likeness (QED) is 0.798. The molecule has 0 fully saturated rings. The van der Waals surface area contributed by atoms with Crippen LogP contribution in [0.3, 0.4) is 0 Å². The van der Waals surface area contributed by atoms with E-state index in [9.17, 15) is 4.79 Å². The van der Waals surface area contributed by atoms with Crippen LogP contribution in [0.2, 0.25) is 5.02 Å². The molecule has 1 amide bonds. The van der Waals surface area contributed by atoms with E-state index >= 15 is 0 Å². The molecule has 1 atom stereocenters. The summed E-state index contributed by atoms with van der Waals surface area (Å²) in [5.41, 5.74) is 0. The van der Waals surface area contributed by atoms with E-state index in [2.05, 4.69) is 32.4 Å². The lowest BCUT2D eigenvalue weighted by Gasteiger charge is -2.09. The molecule has 0 radical (unpaired) electrons. The lowest BCUT2D eigenvalue weighted by Crippen LogP contribution is -2.23. The number of aromatic nitrogens is 4. The number of carbonyl (C=O) groups is 1. The minimum absolute atomic E-state index is 0.156. The van der Waals surface area contributed by atoms with Crippen molar-refractivity contribution in [1.82, 2.24) is 20.2 Å². The average molecular weight is 326 g/mol. The highest BCUT2D eigenvalue weighted by Gasteiger charge is 2.17. The van der Waals surface area contributed by atoms with E-state index in [-0.39, 0.29) is 11.2 Å². The monoisotopic (exact) mass is 325 g/mol. The van der Waals surface area contributed by atoms with E-state index in [1.165, 1.54) is 18.0 Å². The second-order valence-corrected chi connectivity index (χ2v) is 6.17. The number of anilines is 1. The normalized spacial score (nSPS) is 12.1. The van der Waals surface area contributed by atoms with Crippen LogP contribution < -0.4 is 5.32 Å². The first-order valence-corrected chi connectivity index (χ1v) is 7.84. The van der Waals surface area contributed by atoms with Gasteiger partial charge >= 0.3 is 0 Å². The average Bonchev–Trinajstić information content (AvgIpc) is 2.89.